The summed E-state index contributed by atoms with van der Waals surface area (Å²) < 4.78 is 26.7. The number of Topliss-reactive ketones (excluding diaryl/α,β-unsaturated/α-hetero) is 1. The molecular formula is C11H13F2NO. The number of benzene rings is 1. The lowest BCUT2D eigenvalue weighted by Gasteiger charge is -2.06. The maximum absolute atomic E-state index is 13.5. The van der Waals surface area contributed by atoms with E-state index in [0.29, 0.717) is 6.54 Å². The first-order valence-corrected chi connectivity index (χ1v) is 4.76. The highest BCUT2D eigenvalue weighted by atomic mass is 19.1. The Morgan fingerprint density at radius 2 is 2.07 bits per heavy atom. The first kappa shape index (κ1) is 11.8. The molecule has 82 valence electrons. The van der Waals surface area contributed by atoms with Crippen LogP contribution in [0, 0.1) is 18.6 Å². The molecule has 1 N–H and O–H groups in total. The van der Waals surface area contributed by atoms with Crippen LogP contribution in [0.15, 0.2) is 12.1 Å². The van der Waals surface area contributed by atoms with Crippen LogP contribution in [0.1, 0.15) is 22.8 Å². The molecule has 0 amide bonds. The van der Waals surface area contributed by atoms with Gasteiger partial charge in [0.05, 0.1) is 12.1 Å². The molecule has 0 saturated heterocycles. The third-order valence-electron chi connectivity index (χ3n) is 2.10. The third-order valence-corrected chi connectivity index (χ3v) is 2.10. The number of likely N-dealkylation sites (N-methyl/N-ethyl adjacent to an activating group) is 1. The predicted molar refractivity (Wildman–Crippen MR) is 54.0 cm³/mol. The predicted octanol–water partition coefficient (Wildman–Crippen LogP) is 2.07. The van der Waals surface area contributed by atoms with Crippen LogP contribution in [-0.4, -0.2) is 18.9 Å². The first-order chi connectivity index (χ1) is 7.07. The second-order valence-electron chi connectivity index (χ2n) is 3.26. The van der Waals surface area contributed by atoms with Crippen LogP contribution in [-0.2, 0) is 0 Å². The molecule has 0 bridgehead atoms. The second kappa shape index (κ2) is 4.98. The Morgan fingerprint density at radius 1 is 1.40 bits per heavy atom. The summed E-state index contributed by atoms with van der Waals surface area (Å²) in [6.45, 7) is 3.85. The molecule has 0 spiro atoms. The first-order valence-electron chi connectivity index (χ1n) is 4.76. The van der Waals surface area contributed by atoms with Gasteiger partial charge in [0.15, 0.2) is 5.78 Å². The Kier molecular flexibility index (Phi) is 3.91. The maximum Gasteiger partial charge on any atom is 0.182 e. The van der Waals surface area contributed by atoms with Gasteiger partial charge in [-0.2, -0.15) is 0 Å². The van der Waals surface area contributed by atoms with E-state index in [1.54, 1.807) is 0 Å². The van der Waals surface area contributed by atoms with Crippen molar-refractivity contribution in [2.45, 2.75) is 13.8 Å². The molecule has 4 heteroatoms. The lowest BCUT2D eigenvalue weighted by Crippen LogP contribution is -2.24. The minimum absolute atomic E-state index is 0.0478. The van der Waals surface area contributed by atoms with Crippen molar-refractivity contribution in [3.8, 4) is 0 Å². The number of ketones is 1. The Morgan fingerprint density at radius 3 is 2.67 bits per heavy atom. The summed E-state index contributed by atoms with van der Waals surface area (Å²) in [7, 11) is 0. The molecule has 0 unspecified atom stereocenters. The van der Waals surface area contributed by atoms with E-state index in [0.717, 1.165) is 6.07 Å². The zero-order valence-corrected chi connectivity index (χ0v) is 8.73. The van der Waals surface area contributed by atoms with Gasteiger partial charge in [-0.1, -0.05) is 13.0 Å². The van der Waals surface area contributed by atoms with E-state index in [-0.39, 0.29) is 12.1 Å². The van der Waals surface area contributed by atoms with Crippen molar-refractivity contribution < 1.29 is 13.6 Å². The van der Waals surface area contributed by atoms with Crippen molar-refractivity contribution in [1.29, 1.82) is 0 Å². The van der Waals surface area contributed by atoms with Gasteiger partial charge in [-0.15, -0.1) is 0 Å². The fraction of sp³-hybridized carbons (Fsp3) is 0.364. The lowest BCUT2D eigenvalue weighted by molar-refractivity contribution is 0.0983. The summed E-state index contributed by atoms with van der Waals surface area (Å²) in [6.07, 6.45) is 0. The molecule has 0 radical (unpaired) electrons. The van der Waals surface area contributed by atoms with Crippen LogP contribution < -0.4 is 5.32 Å². The van der Waals surface area contributed by atoms with E-state index in [1.165, 1.54) is 13.0 Å². The maximum atomic E-state index is 13.5. The molecule has 0 fully saturated rings. The molecule has 2 nitrogen and oxygen atoms in total. The van der Waals surface area contributed by atoms with Crippen molar-refractivity contribution in [2.24, 2.45) is 0 Å². The van der Waals surface area contributed by atoms with Gasteiger partial charge in [0.1, 0.15) is 11.6 Å². The highest BCUT2D eigenvalue weighted by molar-refractivity contribution is 5.98. The van der Waals surface area contributed by atoms with E-state index in [4.69, 9.17) is 0 Å². The number of aryl methyl sites for hydroxylation is 1. The van der Waals surface area contributed by atoms with Crippen molar-refractivity contribution in [2.75, 3.05) is 13.1 Å². The van der Waals surface area contributed by atoms with Gasteiger partial charge >= 0.3 is 0 Å². The number of hydrogen-bond acceptors (Lipinski definition) is 2. The zero-order chi connectivity index (χ0) is 11.4. The molecule has 1 rings (SSSR count). The van der Waals surface area contributed by atoms with Gasteiger partial charge in [0, 0.05) is 0 Å². The van der Waals surface area contributed by atoms with Gasteiger partial charge in [-0.3, -0.25) is 4.79 Å². The molecule has 0 atom stereocenters. The average molecular weight is 213 g/mol. The molecule has 0 aromatic heterocycles. The van der Waals surface area contributed by atoms with Crippen LogP contribution in [0.25, 0.3) is 0 Å². The Labute approximate surface area is 87.3 Å². The van der Waals surface area contributed by atoms with Crippen molar-refractivity contribution in [3.05, 3.63) is 34.9 Å². The minimum atomic E-state index is -0.805. The fourth-order valence-corrected chi connectivity index (χ4v) is 1.24. The van der Waals surface area contributed by atoms with E-state index in [9.17, 15) is 13.6 Å². The van der Waals surface area contributed by atoms with Crippen LogP contribution in [0.3, 0.4) is 0 Å². The van der Waals surface area contributed by atoms with Crippen molar-refractivity contribution >= 4 is 5.78 Å². The molecule has 15 heavy (non-hydrogen) atoms. The molecule has 1 aromatic rings. The summed E-state index contributed by atoms with van der Waals surface area (Å²) in [5.74, 6) is -2.13. The smallest absolute Gasteiger partial charge is 0.182 e. The van der Waals surface area contributed by atoms with Gasteiger partial charge in [0.2, 0.25) is 0 Å². The number of nitrogens with one attached hydrogen (secondary N) is 1. The normalized spacial score (nSPS) is 10.4. The molecule has 1 aromatic carbocycles. The fourth-order valence-electron chi connectivity index (χ4n) is 1.24. The number of carbonyl (C=O) groups is 1. The number of rotatable bonds is 4. The highest BCUT2D eigenvalue weighted by Crippen LogP contribution is 2.16. The number of hydrogen-bond donors (Lipinski definition) is 1. The van der Waals surface area contributed by atoms with Gasteiger partial charge in [0.25, 0.3) is 0 Å². The summed E-state index contributed by atoms with van der Waals surface area (Å²) >= 11 is 0. The molecule has 0 aliphatic carbocycles. The molecular weight excluding hydrogens is 200 g/mol. The lowest BCUT2D eigenvalue weighted by atomic mass is 10.1. The average Bonchev–Trinajstić information content (AvgIpc) is 2.21. The van der Waals surface area contributed by atoms with Crippen molar-refractivity contribution in [1.82, 2.24) is 5.32 Å². The third kappa shape index (κ3) is 2.59. The number of carbonyl (C=O) groups excluding carboxylic acids is 1. The summed E-state index contributed by atoms with van der Waals surface area (Å²) in [4.78, 5) is 11.5. The van der Waals surface area contributed by atoms with Crippen molar-refractivity contribution in [3.63, 3.8) is 0 Å². The van der Waals surface area contributed by atoms with Crippen LogP contribution >= 0.6 is 0 Å². The standard InChI is InChI=1S/C11H13F2NO/c1-3-14-6-9(15)10-8(12)5-4-7(2)11(10)13/h4-5,14H,3,6H2,1-2H3. The summed E-state index contributed by atoms with van der Waals surface area (Å²) in [6, 6.07) is 2.42. The van der Waals surface area contributed by atoms with E-state index >= 15 is 0 Å². The summed E-state index contributed by atoms with van der Waals surface area (Å²) in [5, 5.41) is 2.74. The molecule has 0 aliphatic rings. The van der Waals surface area contributed by atoms with E-state index < -0.39 is 23.0 Å². The quantitative estimate of drug-likeness (QED) is 0.776. The number of halogens is 2. The monoisotopic (exact) mass is 213 g/mol. The molecule has 0 heterocycles. The SMILES string of the molecule is CCNCC(=O)c1c(F)ccc(C)c1F. The zero-order valence-electron chi connectivity index (χ0n) is 8.73. The largest absolute Gasteiger partial charge is 0.310 e. The topological polar surface area (TPSA) is 29.1 Å². The molecule has 0 saturated carbocycles. The van der Waals surface area contributed by atoms with Gasteiger partial charge in [-0.25, -0.2) is 8.78 Å². The molecule has 0 aliphatic heterocycles. The van der Waals surface area contributed by atoms with Gasteiger partial charge in [-0.05, 0) is 25.1 Å². The summed E-state index contributed by atoms with van der Waals surface area (Å²) in [5.41, 5.74) is -0.174. The Balaban J connectivity index is 3.02. The second-order valence-corrected chi connectivity index (χ2v) is 3.26. The Bertz CT molecular complexity index is 377. The Hall–Kier alpha value is -1.29. The van der Waals surface area contributed by atoms with E-state index in [1.807, 2.05) is 6.92 Å². The highest BCUT2D eigenvalue weighted by Gasteiger charge is 2.18. The van der Waals surface area contributed by atoms with Gasteiger partial charge < -0.3 is 5.32 Å². The van der Waals surface area contributed by atoms with Crippen LogP contribution in [0.4, 0.5) is 8.78 Å². The minimum Gasteiger partial charge on any atom is -0.310 e. The van der Waals surface area contributed by atoms with Crippen LogP contribution in [0.5, 0.6) is 0 Å². The van der Waals surface area contributed by atoms with Crippen LogP contribution in [0.2, 0.25) is 0 Å². The van der Waals surface area contributed by atoms with E-state index in [2.05, 4.69) is 5.32 Å².